The summed E-state index contributed by atoms with van der Waals surface area (Å²) in [6.45, 7) is 5.58. The van der Waals surface area contributed by atoms with Gasteiger partial charge in [0.25, 0.3) is 0 Å². The summed E-state index contributed by atoms with van der Waals surface area (Å²) in [5.41, 5.74) is 0.984. The van der Waals surface area contributed by atoms with Crippen LogP contribution in [0.25, 0.3) is 0 Å². The molecule has 180 valence electrons. The number of carbonyl (C=O) groups excluding carboxylic acids is 2. The smallest absolute Gasteiger partial charge is 0.315 e. The second-order valence-corrected chi connectivity index (χ2v) is 11.0. The molecule has 0 unspecified atom stereocenters. The molecular formula is C26H37N3O4. The first kappa shape index (κ1) is 22.4. The van der Waals surface area contributed by atoms with Gasteiger partial charge in [-0.3, -0.25) is 4.79 Å². The van der Waals surface area contributed by atoms with E-state index < -0.39 is 0 Å². The molecule has 0 spiro atoms. The number of hydrogen-bond acceptors (Lipinski definition) is 4. The van der Waals surface area contributed by atoms with Crippen LogP contribution < -0.4 is 25.4 Å². The number of hydrogen-bond donors (Lipinski definition) is 3. The van der Waals surface area contributed by atoms with E-state index in [1.54, 1.807) is 0 Å². The van der Waals surface area contributed by atoms with Crippen LogP contribution in [0.3, 0.4) is 0 Å². The summed E-state index contributed by atoms with van der Waals surface area (Å²) in [6.07, 6.45) is 7.67. The van der Waals surface area contributed by atoms with Crippen molar-refractivity contribution in [3.05, 3.63) is 23.8 Å². The molecule has 1 aromatic carbocycles. The SMILES string of the molecule is CC(C)[C@H](NC(=O)CCNC(=O)NC12CC3CC(CC(C3)C1)C2)c1ccc2c(c1)OCCO2. The number of benzene rings is 1. The lowest BCUT2D eigenvalue weighted by atomic mass is 9.53. The Bertz CT molecular complexity index is 864. The van der Waals surface area contributed by atoms with Gasteiger partial charge in [0.1, 0.15) is 13.2 Å². The van der Waals surface area contributed by atoms with E-state index in [4.69, 9.17) is 9.47 Å². The van der Waals surface area contributed by atoms with Crippen molar-refractivity contribution in [2.45, 2.75) is 70.4 Å². The molecular weight excluding hydrogens is 418 g/mol. The summed E-state index contributed by atoms with van der Waals surface area (Å²) in [5.74, 6) is 3.97. The highest BCUT2D eigenvalue weighted by molar-refractivity contribution is 5.79. The van der Waals surface area contributed by atoms with Crippen molar-refractivity contribution in [2.24, 2.45) is 23.7 Å². The number of amides is 3. The molecule has 33 heavy (non-hydrogen) atoms. The molecule has 0 aromatic heterocycles. The predicted molar refractivity (Wildman–Crippen MR) is 125 cm³/mol. The molecule has 1 atom stereocenters. The maximum absolute atomic E-state index is 12.7. The van der Waals surface area contributed by atoms with E-state index in [-0.39, 0.29) is 35.9 Å². The van der Waals surface area contributed by atoms with E-state index >= 15 is 0 Å². The first-order valence-electron chi connectivity index (χ1n) is 12.6. The largest absolute Gasteiger partial charge is 0.486 e. The van der Waals surface area contributed by atoms with Crippen molar-refractivity contribution in [1.29, 1.82) is 0 Å². The van der Waals surface area contributed by atoms with Crippen LogP contribution in [-0.4, -0.2) is 37.2 Å². The lowest BCUT2D eigenvalue weighted by Gasteiger charge is -2.56. The Kier molecular flexibility index (Phi) is 6.14. The van der Waals surface area contributed by atoms with Gasteiger partial charge < -0.3 is 25.4 Å². The Hall–Kier alpha value is -2.44. The van der Waals surface area contributed by atoms with Crippen molar-refractivity contribution in [2.75, 3.05) is 19.8 Å². The molecule has 5 aliphatic rings. The highest BCUT2D eigenvalue weighted by Crippen LogP contribution is 2.55. The minimum absolute atomic E-state index is 0.0118. The van der Waals surface area contributed by atoms with E-state index in [2.05, 4.69) is 29.8 Å². The molecule has 1 aromatic rings. The second kappa shape index (κ2) is 9.07. The van der Waals surface area contributed by atoms with Gasteiger partial charge in [0.2, 0.25) is 5.91 Å². The number of nitrogens with one attached hydrogen (secondary N) is 3. The second-order valence-electron chi connectivity index (χ2n) is 11.0. The number of fused-ring (bicyclic) bond motifs is 1. The van der Waals surface area contributed by atoms with Gasteiger partial charge in [-0.1, -0.05) is 19.9 Å². The van der Waals surface area contributed by atoms with E-state index in [0.717, 1.165) is 54.1 Å². The highest BCUT2D eigenvalue weighted by Gasteiger charge is 2.51. The Morgan fingerprint density at radius 2 is 1.64 bits per heavy atom. The number of carbonyl (C=O) groups is 2. The molecule has 4 bridgehead atoms. The fourth-order valence-corrected chi connectivity index (χ4v) is 6.97. The van der Waals surface area contributed by atoms with Crippen molar-refractivity contribution in [1.82, 2.24) is 16.0 Å². The summed E-state index contributed by atoms with van der Waals surface area (Å²) in [4.78, 5) is 25.3. The van der Waals surface area contributed by atoms with Crippen LogP contribution in [0.4, 0.5) is 4.79 Å². The van der Waals surface area contributed by atoms with Crippen molar-refractivity contribution >= 4 is 11.9 Å². The molecule has 4 saturated carbocycles. The Labute approximate surface area is 196 Å². The van der Waals surface area contributed by atoms with Crippen molar-refractivity contribution in [3.8, 4) is 11.5 Å². The van der Waals surface area contributed by atoms with Gasteiger partial charge in [-0.15, -0.1) is 0 Å². The van der Waals surface area contributed by atoms with Gasteiger partial charge in [0, 0.05) is 18.5 Å². The van der Waals surface area contributed by atoms with Crippen LogP contribution in [0.1, 0.15) is 70.4 Å². The molecule has 6 rings (SSSR count). The molecule has 4 aliphatic carbocycles. The summed E-state index contributed by atoms with van der Waals surface area (Å²) >= 11 is 0. The summed E-state index contributed by atoms with van der Waals surface area (Å²) in [5, 5.41) is 9.36. The average molecular weight is 456 g/mol. The minimum atomic E-state index is -0.130. The fraction of sp³-hybridized carbons (Fsp3) is 0.692. The maximum Gasteiger partial charge on any atom is 0.315 e. The normalized spacial score (nSPS) is 30.1. The summed E-state index contributed by atoms with van der Waals surface area (Å²) in [7, 11) is 0. The van der Waals surface area contributed by atoms with Gasteiger partial charge in [0.15, 0.2) is 11.5 Å². The van der Waals surface area contributed by atoms with Crippen LogP contribution in [0.15, 0.2) is 18.2 Å². The Morgan fingerprint density at radius 1 is 1.00 bits per heavy atom. The van der Waals surface area contributed by atoms with E-state index in [1.165, 1.54) is 19.3 Å². The van der Waals surface area contributed by atoms with Crippen molar-refractivity contribution < 1.29 is 19.1 Å². The fourth-order valence-electron chi connectivity index (χ4n) is 6.97. The zero-order valence-electron chi connectivity index (χ0n) is 19.8. The van der Waals surface area contributed by atoms with Crippen LogP contribution in [-0.2, 0) is 4.79 Å². The molecule has 1 aliphatic heterocycles. The Morgan fingerprint density at radius 3 is 2.27 bits per heavy atom. The van der Waals surface area contributed by atoms with Gasteiger partial charge >= 0.3 is 6.03 Å². The minimum Gasteiger partial charge on any atom is -0.486 e. The summed E-state index contributed by atoms with van der Waals surface area (Å²) < 4.78 is 11.3. The topological polar surface area (TPSA) is 88.7 Å². The first-order valence-corrected chi connectivity index (χ1v) is 12.6. The lowest BCUT2D eigenvalue weighted by Crippen LogP contribution is -2.61. The average Bonchev–Trinajstić information content (AvgIpc) is 2.75. The number of ether oxygens (including phenoxy) is 2. The summed E-state index contributed by atoms with van der Waals surface area (Å²) in [6, 6.07) is 5.58. The Balaban J connectivity index is 1.10. The number of urea groups is 1. The van der Waals surface area contributed by atoms with Crippen LogP contribution in [0, 0.1) is 23.7 Å². The highest BCUT2D eigenvalue weighted by atomic mass is 16.6. The maximum atomic E-state index is 12.7. The van der Waals surface area contributed by atoms with E-state index in [9.17, 15) is 9.59 Å². The quantitative estimate of drug-likeness (QED) is 0.581. The number of rotatable bonds is 7. The van der Waals surface area contributed by atoms with Crippen LogP contribution >= 0.6 is 0 Å². The molecule has 3 N–H and O–H groups in total. The monoisotopic (exact) mass is 455 g/mol. The van der Waals surface area contributed by atoms with Crippen molar-refractivity contribution in [3.63, 3.8) is 0 Å². The van der Waals surface area contributed by atoms with E-state index in [1.807, 2.05) is 18.2 Å². The van der Waals surface area contributed by atoms with Gasteiger partial charge in [-0.25, -0.2) is 4.79 Å². The van der Waals surface area contributed by atoms with Gasteiger partial charge in [-0.2, -0.15) is 0 Å². The third kappa shape index (κ3) is 4.92. The standard InChI is InChI=1S/C26H37N3O4/c1-16(2)24(20-3-4-21-22(12-20)33-8-7-32-21)28-23(30)5-6-27-25(31)29-26-13-17-9-18(14-26)11-19(10-17)15-26/h3-4,12,16-19,24H,5-11,13-15H2,1-2H3,(H,28,30)(H2,27,29,31)/t17?,18?,19?,24-,26?/m0/s1. The molecule has 0 radical (unpaired) electrons. The molecule has 3 amide bonds. The first-order chi connectivity index (χ1) is 15.9. The molecule has 1 heterocycles. The van der Waals surface area contributed by atoms with E-state index in [0.29, 0.717) is 19.8 Å². The molecule has 7 nitrogen and oxygen atoms in total. The third-order valence-electron chi connectivity index (χ3n) is 7.96. The zero-order valence-corrected chi connectivity index (χ0v) is 19.8. The lowest BCUT2D eigenvalue weighted by molar-refractivity contribution is -0.122. The zero-order chi connectivity index (χ0) is 23.0. The predicted octanol–water partition coefficient (Wildman–Crippen LogP) is 3.93. The molecule has 4 fully saturated rings. The molecule has 0 saturated heterocycles. The van der Waals surface area contributed by atoms with Gasteiger partial charge in [0.05, 0.1) is 6.04 Å². The van der Waals surface area contributed by atoms with Gasteiger partial charge in [-0.05, 0) is 79.9 Å². The van der Waals surface area contributed by atoms with Crippen LogP contribution in [0.5, 0.6) is 11.5 Å². The molecule has 7 heteroatoms. The van der Waals surface area contributed by atoms with Crippen LogP contribution in [0.2, 0.25) is 0 Å². The third-order valence-corrected chi connectivity index (χ3v) is 7.96.